The van der Waals surface area contributed by atoms with Crippen molar-refractivity contribution in [3.8, 4) is 0 Å². The van der Waals surface area contributed by atoms with Crippen LogP contribution in [0.1, 0.15) is 92.9 Å². The Morgan fingerprint density at radius 2 is 0.919 bits per heavy atom. The van der Waals surface area contributed by atoms with E-state index < -0.39 is 16.6 Å². The van der Waals surface area contributed by atoms with E-state index in [1.54, 1.807) is 0 Å². The molecule has 0 unspecified atom stereocenters. The van der Waals surface area contributed by atoms with Crippen LogP contribution in [0.15, 0.2) is 34.4 Å². The van der Waals surface area contributed by atoms with Crippen molar-refractivity contribution in [2.45, 2.75) is 141 Å². The monoisotopic (exact) mass is 748 g/mol. The van der Waals surface area contributed by atoms with Crippen LogP contribution < -0.4 is 24.8 Å². The standard InChI is InChI=1S/2C15H25OSi.2ClH.Hf/c2*1-15(2,3)17(4,5)16-14-11-10-12-8-6-7-9-13(12)14;;;/h2*10,14H,6-9H2,1-5H3;2*1H;/q2*-1;;;+4/p-2/t2*14-;;;/m10.../s1. The quantitative estimate of drug-likeness (QED) is 0.325. The predicted molar refractivity (Wildman–Crippen MR) is 151 cm³/mol. The zero-order valence-corrected chi connectivity index (χ0v) is 32.1. The molecule has 0 aromatic heterocycles. The first-order valence-electron chi connectivity index (χ1n) is 13.6. The van der Waals surface area contributed by atoms with Crippen molar-refractivity contribution >= 4 is 16.6 Å². The Kier molecular flexibility index (Phi) is 14.9. The molecule has 0 spiro atoms. The van der Waals surface area contributed by atoms with Gasteiger partial charge in [-0.3, -0.25) is 0 Å². The minimum atomic E-state index is -1.66. The Morgan fingerprint density at radius 3 is 1.22 bits per heavy atom. The van der Waals surface area contributed by atoms with Gasteiger partial charge < -0.3 is 33.7 Å². The van der Waals surface area contributed by atoms with Crippen LogP contribution in [0, 0.1) is 12.2 Å². The van der Waals surface area contributed by atoms with Gasteiger partial charge in [0.25, 0.3) is 0 Å². The molecule has 0 fully saturated rings. The number of rotatable bonds is 4. The van der Waals surface area contributed by atoms with Crippen LogP contribution in [-0.4, -0.2) is 28.8 Å². The molecule has 0 radical (unpaired) electrons. The maximum Gasteiger partial charge on any atom is 4.00 e. The Hall–Kier alpha value is 0.764. The van der Waals surface area contributed by atoms with Crippen molar-refractivity contribution in [2.75, 3.05) is 0 Å². The summed E-state index contributed by atoms with van der Waals surface area (Å²) in [7, 11) is -3.33. The molecule has 4 aliphatic rings. The molecule has 0 saturated carbocycles. The second kappa shape index (κ2) is 14.6. The van der Waals surface area contributed by atoms with Crippen molar-refractivity contribution in [3.63, 3.8) is 0 Å². The summed E-state index contributed by atoms with van der Waals surface area (Å²) < 4.78 is 12.9. The summed E-state index contributed by atoms with van der Waals surface area (Å²) in [5, 5.41) is 0.569. The van der Waals surface area contributed by atoms with Crippen molar-refractivity contribution in [3.05, 3.63) is 46.6 Å². The molecule has 7 heteroatoms. The van der Waals surface area contributed by atoms with Gasteiger partial charge in [0.2, 0.25) is 0 Å². The largest absolute Gasteiger partial charge is 4.00 e. The van der Waals surface area contributed by atoms with Crippen LogP contribution in [0.5, 0.6) is 0 Å². The fourth-order valence-corrected chi connectivity index (χ4v) is 6.85. The number of halogens is 2. The molecule has 0 aromatic carbocycles. The topological polar surface area (TPSA) is 18.5 Å². The van der Waals surface area contributed by atoms with Crippen LogP contribution in [-0.2, 0) is 34.7 Å². The molecule has 2 nitrogen and oxygen atoms in total. The van der Waals surface area contributed by atoms with E-state index in [2.05, 4.69) is 92.0 Å². The first-order chi connectivity index (χ1) is 15.6. The van der Waals surface area contributed by atoms with Gasteiger partial charge in [-0.25, -0.2) is 24.3 Å². The summed E-state index contributed by atoms with van der Waals surface area (Å²) in [6.07, 6.45) is 21.8. The first kappa shape index (κ1) is 37.8. The maximum absolute atomic E-state index is 6.47. The summed E-state index contributed by atoms with van der Waals surface area (Å²) in [6.45, 7) is 23.1. The smallest absolute Gasteiger partial charge is 1.00 e. The number of hydrogen-bond donors (Lipinski definition) is 0. The Morgan fingerprint density at radius 1 is 0.622 bits per heavy atom. The van der Waals surface area contributed by atoms with Gasteiger partial charge in [-0.15, -0.1) is 11.1 Å². The minimum Gasteiger partial charge on any atom is -1.00 e. The van der Waals surface area contributed by atoms with Crippen molar-refractivity contribution in [1.82, 2.24) is 0 Å². The second-order valence-electron chi connectivity index (χ2n) is 13.7. The van der Waals surface area contributed by atoms with Crippen LogP contribution in [0.2, 0.25) is 36.3 Å². The molecule has 4 aliphatic carbocycles. The van der Waals surface area contributed by atoms with E-state index in [0.29, 0.717) is 0 Å². The van der Waals surface area contributed by atoms with E-state index in [1.807, 2.05) is 0 Å². The predicted octanol–water partition coefficient (Wildman–Crippen LogP) is 3.25. The molecular weight excluding hydrogens is 698 g/mol. The zero-order valence-electron chi connectivity index (χ0n) is 25.0. The molecule has 0 bridgehead atoms. The van der Waals surface area contributed by atoms with Crippen LogP contribution in [0.25, 0.3) is 0 Å². The molecule has 208 valence electrons. The average molecular weight is 748 g/mol. The average Bonchev–Trinajstić information content (AvgIpc) is 3.31. The van der Waals surface area contributed by atoms with E-state index in [-0.39, 0.29) is 72.9 Å². The Bertz CT molecular complexity index is 805. The fourth-order valence-electron chi connectivity index (χ4n) is 4.54. The summed E-state index contributed by atoms with van der Waals surface area (Å²) in [5.41, 5.74) is 6.09. The normalized spacial score (nSPS) is 23.3. The molecule has 0 aromatic rings. The number of allylic oxidation sites excluding steroid dienone is 4. The maximum atomic E-state index is 6.47. The van der Waals surface area contributed by atoms with Gasteiger partial charge in [-0.05, 0) is 61.3 Å². The van der Waals surface area contributed by atoms with Crippen molar-refractivity contribution < 1.29 is 59.5 Å². The SMILES string of the molecule is CC(C)(C)[Si](C)(C)O[C@@H]1[C-]=CC2=C1CCCC2.CC(C)(C)[Si](C)(C)O[C@H]1[C-]=CC2=C1CCCC2.[Cl-].[Cl-].[Hf+4]. The van der Waals surface area contributed by atoms with Gasteiger partial charge >= 0.3 is 25.8 Å². The summed E-state index contributed by atoms with van der Waals surface area (Å²) >= 11 is 0. The molecule has 0 saturated heterocycles. The van der Waals surface area contributed by atoms with Crippen molar-refractivity contribution in [2.24, 2.45) is 0 Å². The summed E-state index contributed by atoms with van der Waals surface area (Å²) in [5.74, 6) is 0. The first-order valence-corrected chi connectivity index (χ1v) is 19.4. The summed E-state index contributed by atoms with van der Waals surface area (Å²) in [6, 6.07) is 0. The number of hydrogen-bond acceptors (Lipinski definition) is 2. The van der Waals surface area contributed by atoms with Gasteiger partial charge in [0, 0.05) is 0 Å². The van der Waals surface area contributed by atoms with Crippen LogP contribution >= 0.6 is 0 Å². The van der Waals surface area contributed by atoms with E-state index in [9.17, 15) is 0 Å². The molecule has 2 atom stereocenters. The molecular formula is C30H50Cl2HfO2Si2. The van der Waals surface area contributed by atoms with E-state index in [4.69, 9.17) is 8.85 Å². The van der Waals surface area contributed by atoms with E-state index >= 15 is 0 Å². The Balaban J connectivity index is 0.000000648. The molecule has 0 amide bonds. The molecule has 0 heterocycles. The third-order valence-electron chi connectivity index (χ3n) is 9.00. The molecule has 0 aliphatic heterocycles. The van der Waals surface area contributed by atoms with Crippen LogP contribution in [0.3, 0.4) is 0 Å². The summed E-state index contributed by atoms with van der Waals surface area (Å²) in [4.78, 5) is 0. The van der Waals surface area contributed by atoms with Gasteiger partial charge in [0.05, 0.1) is 0 Å². The van der Waals surface area contributed by atoms with Gasteiger partial charge in [0.1, 0.15) is 0 Å². The zero-order chi connectivity index (χ0) is 25.4. The van der Waals surface area contributed by atoms with Gasteiger partial charge in [0.15, 0.2) is 16.6 Å². The minimum absolute atomic E-state index is 0. The van der Waals surface area contributed by atoms with Crippen molar-refractivity contribution in [1.29, 1.82) is 0 Å². The van der Waals surface area contributed by atoms with Gasteiger partial charge in [-0.2, -0.15) is 11.1 Å². The molecule has 4 rings (SSSR count). The van der Waals surface area contributed by atoms with Gasteiger partial charge in [-0.1, -0.05) is 80.1 Å². The molecule has 37 heavy (non-hydrogen) atoms. The third-order valence-corrected chi connectivity index (χ3v) is 17.9. The van der Waals surface area contributed by atoms with E-state index in [0.717, 1.165) is 0 Å². The third kappa shape index (κ3) is 9.40. The Labute approximate surface area is 262 Å². The second-order valence-corrected chi connectivity index (χ2v) is 23.2. The van der Waals surface area contributed by atoms with Crippen LogP contribution in [0.4, 0.5) is 0 Å². The fraction of sp³-hybridized carbons (Fsp3) is 0.733. The van der Waals surface area contributed by atoms with E-state index in [1.165, 1.54) is 73.7 Å². The molecule has 0 N–H and O–H groups in total.